The van der Waals surface area contributed by atoms with Crippen molar-refractivity contribution in [3.63, 3.8) is 0 Å². The number of carbonyl (C=O) groups is 1. The first kappa shape index (κ1) is 17.7. The number of carbonyl (C=O) groups excluding carboxylic acids is 1. The Morgan fingerprint density at radius 1 is 1.04 bits per heavy atom. The molecule has 0 aliphatic carbocycles. The molecule has 28 heavy (non-hydrogen) atoms. The van der Waals surface area contributed by atoms with Crippen molar-refractivity contribution in [1.82, 2.24) is 19.9 Å². The van der Waals surface area contributed by atoms with E-state index < -0.39 is 0 Å². The number of pyridine rings is 1. The monoisotopic (exact) mass is 368 g/mol. The molecule has 0 fully saturated rings. The van der Waals surface area contributed by atoms with Crippen LogP contribution in [0.25, 0.3) is 22.7 Å². The van der Waals surface area contributed by atoms with E-state index in [-0.39, 0.29) is 5.91 Å². The van der Waals surface area contributed by atoms with Crippen LogP contribution in [0.2, 0.25) is 0 Å². The predicted octanol–water partition coefficient (Wildman–Crippen LogP) is 3.79. The van der Waals surface area contributed by atoms with Gasteiger partial charge in [0.05, 0.1) is 11.8 Å². The first-order chi connectivity index (χ1) is 13.8. The number of nitrogens with zero attached hydrogens (tertiary/aromatic N) is 3. The second-order valence-electron chi connectivity index (χ2n) is 6.39. The van der Waals surface area contributed by atoms with Gasteiger partial charge in [-0.2, -0.15) is 0 Å². The number of imidazole rings is 1. The minimum absolute atomic E-state index is 0.110. The molecule has 1 amide bonds. The highest BCUT2D eigenvalue weighted by atomic mass is 16.1. The molecule has 0 unspecified atom stereocenters. The molecule has 0 aliphatic rings. The molecule has 2 aromatic carbocycles. The fourth-order valence-electron chi connectivity index (χ4n) is 3.18. The van der Waals surface area contributed by atoms with Gasteiger partial charge in [0.1, 0.15) is 0 Å². The van der Waals surface area contributed by atoms with Crippen LogP contribution in [0.3, 0.4) is 0 Å². The van der Waals surface area contributed by atoms with Crippen molar-refractivity contribution in [3.8, 4) is 5.69 Å². The van der Waals surface area contributed by atoms with Gasteiger partial charge in [-0.1, -0.05) is 36.4 Å². The van der Waals surface area contributed by atoms with Gasteiger partial charge >= 0.3 is 0 Å². The maximum atomic E-state index is 12.2. The van der Waals surface area contributed by atoms with Crippen molar-refractivity contribution in [1.29, 1.82) is 0 Å². The molecule has 2 heterocycles. The molecule has 1 N–H and O–H groups in total. The summed E-state index contributed by atoms with van der Waals surface area (Å²) in [5, 5.41) is 3.99. The molecule has 0 radical (unpaired) electrons. The molecule has 0 saturated carbocycles. The molecule has 138 valence electrons. The maximum absolute atomic E-state index is 12.2. The Balaban J connectivity index is 1.39. The summed E-state index contributed by atoms with van der Waals surface area (Å²) in [5.41, 5.74) is 4.13. The lowest BCUT2D eigenvalue weighted by Gasteiger charge is -2.10. The van der Waals surface area contributed by atoms with Gasteiger partial charge in [0.15, 0.2) is 0 Å². The molecular weight excluding hydrogens is 348 g/mol. The van der Waals surface area contributed by atoms with E-state index in [0.717, 1.165) is 34.1 Å². The predicted molar refractivity (Wildman–Crippen MR) is 111 cm³/mol. The molecule has 4 aromatic rings. The lowest BCUT2D eigenvalue weighted by molar-refractivity contribution is -0.116. The third kappa shape index (κ3) is 3.99. The topological polar surface area (TPSA) is 59.8 Å². The Labute approximate surface area is 163 Å². The van der Waals surface area contributed by atoms with E-state index >= 15 is 0 Å². The summed E-state index contributed by atoms with van der Waals surface area (Å²) >= 11 is 0. The Morgan fingerprint density at radius 2 is 1.89 bits per heavy atom. The molecule has 4 rings (SSSR count). The van der Waals surface area contributed by atoms with E-state index in [9.17, 15) is 4.79 Å². The van der Waals surface area contributed by atoms with Crippen molar-refractivity contribution >= 4 is 22.9 Å². The first-order valence-corrected chi connectivity index (χ1v) is 9.17. The summed E-state index contributed by atoms with van der Waals surface area (Å²) in [6, 6.07) is 17.9. The van der Waals surface area contributed by atoms with Gasteiger partial charge in [-0.25, -0.2) is 4.98 Å². The van der Waals surface area contributed by atoms with Crippen LogP contribution in [0.15, 0.2) is 85.6 Å². The Hall–Kier alpha value is -3.73. The highest BCUT2D eigenvalue weighted by Crippen LogP contribution is 2.17. The molecule has 5 nitrogen and oxygen atoms in total. The van der Waals surface area contributed by atoms with Crippen LogP contribution in [0.5, 0.6) is 0 Å². The molecule has 0 atom stereocenters. The zero-order chi connectivity index (χ0) is 19.2. The Morgan fingerprint density at radius 3 is 2.79 bits per heavy atom. The smallest absolute Gasteiger partial charge is 0.244 e. The second-order valence-corrected chi connectivity index (χ2v) is 6.39. The lowest BCUT2D eigenvalue weighted by atomic mass is 10.1. The number of hydrogen-bond acceptors (Lipinski definition) is 3. The molecule has 5 heteroatoms. The zero-order valence-electron chi connectivity index (χ0n) is 15.3. The number of amides is 1. The van der Waals surface area contributed by atoms with Crippen LogP contribution in [-0.4, -0.2) is 27.0 Å². The van der Waals surface area contributed by atoms with E-state index in [1.165, 1.54) is 0 Å². The fourth-order valence-corrected chi connectivity index (χ4v) is 3.18. The van der Waals surface area contributed by atoms with E-state index in [0.29, 0.717) is 6.54 Å². The standard InChI is InChI=1S/C23H20N4O/c28-23(10-9-18-11-13-25-21-7-3-2-6-20(18)21)26-14-12-19-5-1-4-8-22(19)27-16-15-24-17-27/h1-11,13,15-17H,12,14H2,(H,26,28)/b10-9+. The Kier molecular flexibility index (Phi) is 5.24. The van der Waals surface area contributed by atoms with Gasteiger partial charge in [-0.05, 0) is 41.8 Å². The highest BCUT2D eigenvalue weighted by Gasteiger charge is 2.04. The average Bonchev–Trinajstić information content (AvgIpc) is 3.27. The van der Waals surface area contributed by atoms with Crippen LogP contribution < -0.4 is 5.32 Å². The van der Waals surface area contributed by atoms with E-state index in [4.69, 9.17) is 0 Å². The second kappa shape index (κ2) is 8.31. The van der Waals surface area contributed by atoms with E-state index in [1.807, 2.05) is 65.4 Å². The Bertz CT molecular complexity index is 1110. The number of nitrogens with one attached hydrogen (secondary N) is 1. The molecular formula is C23H20N4O. The number of para-hydroxylation sites is 2. The quantitative estimate of drug-likeness (QED) is 0.527. The van der Waals surface area contributed by atoms with Gasteiger partial charge in [0.25, 0.3) is 0 Å². The summed E-state index contributed by atoms with van der Waals surface area (Å²) in [7, 11) is 0. The van der Waals surface area contributed by atoms with Crippen molar-refractivity contribution in [3.05, 3.63) is 96.7 Å². The number of hydrogen-bond donors (Lipinski definition) is 1. The number of benzene rings is 2. The van der Waals surface area contributed by atoms with E-state index in [1.54, 1.807) is 24.8 Å². The molecule has 0 spiro atoms. The molecule has 2 aromatic heterocycles. The van der Waals surface area contributed by atoms with Gasteiger partial charge in [0.2, 0.25) is 5.91 Å². The van der Waals surface area contributed by atoms with Gasteiger partial charge in [-0.3, -0.25) is 9.78 Å². The van der Waals surface area contributed by atoms with Crippen LogP contribution in [0, 0.1) is 0 Å². The van der Waals surface area contributed by atoms with Crippen LogP contribution in [0.4, 0.5) is 0 Å². The van der Waals surface area contributed by atoms with Crippen LogP contribution >= 0.6 is 0 Å². The average molecular weight is 368 g/mol. The van der Waals surface area contributed by atoms with Crippen molar-refractivity contribution in [2.75, 3.05) is 6.54 Å². The van der Waals surface area contributed by atoms with Crippen molar-refractivity contribution in [2.24, 2.45) is 0 Å². The highest BCUT2D eigenvalue weighted by molar-refractivity contribution is 5.95. The lowest BCUT2D eigenvalue weighted by Crippen LogP contribution is -2.23. The fraction of sp³-hybridized carbons (Fsp3) is 0.0870. The molecule has 0 saturated heterocycles. The molecule has 0 aliphatic heterocycles. The summed E-state index contributed by atoms with van der Waals surface area (Å²) in [6.07, 6.45) is 11.4. The van der Waals surface area contributed by atoms with Crippen LogP contribution in [-0.2, 0) is 11.2 Å². The van der Waals surface area contributed by atoms with Crippen molar-refractivity contribution < 1.29 is 4.79 Å². The third-order valence-corrected chi connectivity index (χ3v) is 4.56. The zero-order valence-corrected chi connectivity index (χ0v) is 15.3. The minimum Gasteiger partial charge on any atom is -0.352 e. The largest absolute Gasteiger partial charge is 0.352 e. The molecule has 0 bridgehead atoms. The van der Waals surface area contributed by atoms with Crippen molar-refractivity contribution in [2.45, 2.75) is 6.42 Å². The number of fused-ring (bicyclic) bond motifs is 1. The SMILES string of the molecule is O=C(/C=C/c1ccnc2ccccc12)NCCc1ccccc1-n1ccnc1. The van der Waals surface area contributed by atoms with Crippen LogP contribution in [0.1, 0.15) is 11.1 Å². The number of rotatable bonds is 6. The summed E-state index contributed by atoms with van der Waals surface area (Å²) in [4.78, 5) is 20.7. The maximum Gasteiger partial charge on any atom is 0.244 e. The number of aromatic nitrogens is 3. The van der Waals surface area contributed by atoms with E-state index in [2.05, 4.69) is 21.4 Å². The third-order valence-electron chi connectivity index (χ3n) is 4.56. The normalized spacial score (nSPS) is 11.1. The summed E-state index contributed by atoms with van der Waals surface area (Å²) < 4.78 is 1.98. The van der Waals surface area contributed by atoms with Gasteiger partial charge in [-0.15, -0.1) is 0 Å². The minimum atomic E-state index is -0.110. The summed E-state index contributed by atoms with van der Waals surface area (Å²) in [6.45, 7) is 0.561. The first-order valence-electron chi connectivity index (χ1n) is 9.17. The van der Waals surface area contributed by atoms with Gasteiger partial charge < -0.3 is 9.88 Å². The summed E-state index contributed by atoms with van der Waals surface area (Å²) in [5.74, 6) is -0.110. The van der Waals surface area contributed by atoms with Gasteiger partial charge in [0, 0.05) is 42.3 Å².